The van der Waals surface area contributed by atoms with E-state index in [0.29, 0.717) is 12.0 Å². The van der Waals surface area contributed by atoms with E-state index >= 15 is 0 Å². The third kappa shape index (κ3) is 4.78. The van der Waals surface area contributed by atoms with Crippen molar-refractivity contribution in [2.45, 2.75) is 26.0 Å². The highest BCUT2D eigenvalue weighted by Gasteiger charge is 2.08. The van der Waals surface area contributed by atoms with E-state index < -0.39 is 6.61 Å². The molecule has 0 bridgehead atoms. The van der Waals surface area contributed by atoms with Crippen LogP contribution in [0.2, 0.25) is 0 Å². The third-order valence-corrected chi connectivity index (χ3v) is 1.94. The standard InChI is InChI=1S/C11H15F2N3O/c1-7(14)3-2-4-8-5-9(17-11(12)13)10(15)16-6-8/h2,4-7,11H,3,14H2,1H3,(H2,15,16)/b4-2+/t7-/m0/s1. The molecule has 0 aliphatic carbocycles. The number of nitrogen functional groups attached to an aromatic ring is 1. The van der Waals surface area contributed by atoms with Gasteiger partial charge in [-0.15, -0.1) is 0 Å². The van der Waals surface area contributed by atoms with Gasteiger partial charge in [0, 0.05) is 12.2 Å². The Bertz CT molecular complexity index is 394. The van der Waals surface area contributed by atoms with Crippen LogP contribution in [0.25, 0.3) is 6.08 Å². The van der Waals surface area contributed by atoms with Crippen LogP contribution in [-0.4, -0.2) is 17.6 Å². The number of anilines is 1. The highest BCUT2D eigenvalue weighted by atomic mass is 19.3. The summed E-state index contributed by atoms with van der Waals surface area (Å²) in [6, 6.07) is 1.45. The van der Waals surface area contributed by atoms with Crippen molar-refractivity contribution in [2.24, 2.45) is 5.73 Å². The van der Waals surface area contributed by atoms with Gasteiger partial charge in [-0.25, -0.2) is 4.98 Å². The lowest BCUT2D eigenvalue weighted by Gasteiger charge is -2.07. The summed E-state index contributed by atoms with van der Waals surface area (Å²) in [5, 5.41) is 0. The van der Waals surface area contributed by atoms with Gasteiger partial charge in [-0.2, -0.15) is 8.78 Å². The summed E-state index contributed by atoms with van der Waals surface area (Å²) in [6.45, 7) is -1.04. The quantitative estimate of drug-likeness (QED) is 0.829. The average molecular weight is 243 g/mol. The molecule has 0 spiro atoms. The van der Waals surface area contributed by atoms with Crippen LogP contribution in [0.1, 0.15) is 18.9 Å². The molecule has 1 aromatic heterocycles. The number of pyridine rings is 1. The fourth-order valence-electron chi connectivity index (χ4n) is 1.17. The predicted octanol–water partition coefficient (Wildman–Crippen LogP) is 2.02. The van der Waals surface area contributed by atoms with Gasteiger partial charge in [0.25, 0.3) is 0 Å². The molecule has 1 atom stereocenters. The SMILES string of the molecule is C[C@H](N)C/C=C/c1cnc(N)c(OC(F)F)c1. The molecule has 0 unspecified atom stereocenters. The van der Waals surface area contributed by atoms with Crippen molar-refractivity contribution in [3.63, 3.8) is 0 Å². The van der Waals surface area contributed by atoms with Gasteiger partial charge in [-0.3, -0.25) is 0 Å². The Labute approximate surface area is 98.3 Å². The van der Waals surface area contributed by atoms with Gasteiger partial charge < -0.3 is 16.2 Å². The number of hydrogen-bond donors (Lipinski definition) is 2. The van der Waals surface area contributed by atoms with Crippen LogP contribution in [0.3, 0.4) is 0 Å². The molecule has 0 radical (unpaired) electrons. The first-order chi connectivity index (χ1) is 7.99. The zero-order chi connectivity index (χ0) is 12.8. The lowest BCUT2D eigenvalue weighted by atomic mass is 10.2. The molecule has 94 valence electrons. The number of aromatic nitrogens is 1. The summed E-state index contributed by atoms with van der Waals surface area (Å²) in [6.07, 6.45) is 5.74. The number of nitrogens with zero attached hydrogens (tertiary/aromatic N) is 1. The largest absolute Gasteiger partial charge is 0.431 e. The summed E-state index contributed by atoms with van der Waals surface area (Å²) in [7, 11) is 0. The van der Waals surface area contributed by atoms with Crippen molar-refractivity contribution >= 4 is 11.9 Å². The number of halogens is 2. The number of alkyl halides is 2. The minimum atomic E-state index is -2.91. The van der Waals surface area contributed by atoms with E-state index in [9.17, 15) is 8.78 Å². The monoisotopic (exact) mass is 243 g/mol. The molecule has 0 aromatic carbocycles. The Morgan fingerprint density at radius 3 is 2.82 bits per heavy atom. The van der Waals surface area contributed by atoms with Crippen molar-refractivity contribution in [3.8, 4) is 5.75 Å². The van der Waals surface area contributed by atoms with E-state index in [4.69, 9.17) is 11.5 Å². The lowest BCUT2D eigenvalue weighted by Crippen LogP contribution is -2.12. The maximum absolute atomic E-state index is 12.0. The second-order valence-electron chi connectivity index (χ2n) is 3.65. The summed E-state index contributed by atoms with van der Waals surface area (Å²) in [4.78, 5) is 3.77. The first kappa shape index (κ1) is 13.4. The first-order valence-electron chi connectivity index (χ1n) is 5.11. The summed E-state index contributed by atoms with van der Waals surface area (Å²) < 4.78 is 28.3. The van der Waals surface area contributed by atoms with Gasteiger partial charge in [0.2, 0.25) is 0 Å². The molecule has 4 N–H and O–H groups in total. The molecule has 4 nitrogen and oxygen atoms in total. The van der Waals surface area contributed by atoms with Gasteiger partial charge in [0.15, 0.2) is 11.6 Å². The molecule has 1 aromatic rings. The van der Waals surface area contributed by atoms with Crippen LogP contribution in [0.4, 0.5) is 14.6 Å². The highest BCUT2D eigenvalue weighted by Crippen LogP contribution is 2.22. The molecule has 17 heavy (non-hydrogen) atoms. The Morgan fingerprint density at radius 2 is 2.24 bits per heavy atom. The Balaban J connectivity index is 2.77. The Hall–Kier alpha value is -1.69. The van der Waals surface area contributed by atoms with E-state index in [1.165, 1.54) is 12.3 Å². The summed E-state index contributed by atoms with van der Waals surface area (Å²) in [5.41, 5.74) is 11.6. The van der Waals surface area contributed by atoms with E-state index in [-0.39, 0.29) is 17.6 Å². The van der Waals surface area contributed by atoms with Crippen molar-refractivity contribution in [1.29, 1.82) is 0 Å². The topological polar surface area (TPSA) is 74.2 Å². The molecule has 1 heterocycles. The number of hydrogen-bond acceptors (Lipinski definition) is 4. The van der Waals surface area contributed by atoms with Gasteiger partial charge in [-0.05, 0) is 25.0 Å². The lowest BCUT2D eigenvalue weighted by molar-refractivity contribution is -0.0495. The maximum Gasteiger partial charge on any atom is 0.387 e. The fourth-order valence-corrected chi connectivity index (χ4v) is 1.17. The molecule has 0 amide bonds. The van der Waals surface area contributed by atoms with E-state index in [2.05, 4.69) is 9.72 Å². The minimum Gasteiger partial charge on any atom is -0.431 e. The normalized spacial score (nSPS) is 13.2. The molecule has 0 aliphatic rings. The molecule has 1 rings (SSSR count). The molecule has 6 heteroatoms. The van der Waals surface area contributed by atoms with Gasteiger partial charge in [0.05, 0.1) is 0 Å². The maximum atomic E-state index is 12.0. The van der Waals surface area contributed by atoms with Crippen molar-refractivity contribution < 1.29 is 13.5 Å². The summed E-state index contributed by atoms with van der Waals surface area (Å²) in [5.74, 6) is -0.183. The average Bonchev–Trinajstić information content (AvgIpc) is 2.21. The number of ether oxygens (including phenoxy) is 1. The zero-order valence-corrected chi connectivity index (χ0v) is 9.44. The van der Waals surface area contributed by atoms with Gasteiger partial charge >= 0.3 is 6.61 Å². The van der Waals surface area contributed by atoms with Crippen molar-refractivity contribution in [1.82, 2.24) is 4.98 Å². The minimum absolute atomic E-state index is 0.0461. The molecular formula is C11H15F2N3O. The Morgan fingerprint density at radius 1 is 1.53 bits per heavy atom. The van der Waals surface area contributed by atoms with Crippen LogP contribution in [0.15, 0.2) is 18.3 Å². The van der Waals surface area contributed by atoms with Crippen LogP contribution >= 0.6 is 0 Å². The first-order valence-corrected chi connectivity index (χ1v) is 5.11. The van der Waals surface area contributed by atoms with E-state index in [0.717, 1.165) is 0 Å². The van der Waals surface area contributed by atoms with Crippen LogP contribution in [0, 0.1) is 0 Å². The van der Waals surface area contributed by atoms with Crippen LogP contribution in [-0.2, 0) is 0 Å². The summed E-state index contributed by atoms with van der Waals surface area (Å²) >= 11 is 0. The second kappa shape index (κ2) is 6.15. The van der Waals surface area contributed by atoms with E-state index in [1.54, 1.807) is 6.08 Å². The predicted molar refractivity (Wildman–Crippen MR) is 62.6 cm³/mol. The zero-order valence-electron chi connectivity index (χ0n) is 9.44. The smallest absolute Gasteiger partial charge is 0.387 e. The van der Waals surface area contributed by atoms with E-state index in [1.807, 2.05) is 13.0 Å². The number of nitrogens with two attached hydrogens (primary N) is 2. The van der Waals surface area contributed by atoms with Crippen LogP contribution < -0.4 is 16.2 Å². The molecule has 0 aliphatic heterocycles. The van der Waals surface area contributed by atoms with Gasteiger partial charge in [-0.1, -0.05) is 12.2 Å². The molecule has 0 fully saturated rings. The molecule has 0 saturated heterocycles. The molecule has 0 saturated carbocycles. The van der Waals surface area contributed by atoms with Crippen molar-refractivity contribution in [2.75, 3.05) is 5.73 Å². The fraction of sp³-hybridized carbons (Fsp3) is 0.364. The van der Waals surface area contributed by atoms with Crippen molar-refractivity contribution in [3.05, 3.63) is 23.9 Å². The second-order valence-corrected chi connectivity index (χ2v) is 3.65. The van der Waals surface area contributed by atoms with Gasteiger partial charge in [0.1, 0.15) is 0 Å². The Kier molecular flexibility index (Phi) is 4.84. The molecular weight excluding hydrogens is 228 g/mol. The third-order valence-electron chi connectivity index (χ3n) is 1.94. The number of rotatable bonds is 5. The van der Waals surface area contributed by atoms with Crippen LogP contribution in [0.5, 0.6) is 5.75 Å². The highest BCUT2D eigenvalue weighted by molar-refractivity contribution is 5.56.